The minimum atomic E-state index is -0.631. The summed E-state index contributed by atoms with van der Waals surface area (Å²) in [5.74, 6) is -0.245. The zero-order valence-electron chi connectivity index (χ0n) is 6.76. The summed E-state index contributed by atoms with van der Waals surface area (Å²) in [6.07, 6.45) is -0.122. The Morgan fingerprint density at radius 2 is 2.31 bits per heavy atom. The third-order valence-corrected chi connectivity index (χ3v) is 2.76. The van der Waals surface area contributed by atoms with Crippen LogP contribution in [0.25, 0.3) is 0 Å². The number of aliphatic hydroxyl groups excluding tert-OH is 1. The molecule has 1 aromatic carbocycles. The van der Waals surface area contributed by atoms with E-state index in [2.05, 4.69) is 15.9 Å². The van der Waals surface area contributed by atoms with Gasteiger partial charge in [-0.15, -0.1) is 0 Å². The summed E-state index contributed by atoms with van der Waals surface area (Å²) in [7, 11) is 0. The van der Waals surface area contributed by atoms with Crippen LogP contribution in [0.3, 0.4) is 0 Å². The molecular weight excluding hydrogens is 239 g/mol. The van der Waals surface area contributed by atoms with Gasteiger partial charge in [0, 0.05) is 16.5 Å². The number of rotatable bonds is 0. The van der Waals surface area contributed by atoms with Crippen molar-refractivity contribution in [2.45, 2.75) is 12.5 Å². The molecule has 0 aliphatic carbocycles. The fourth-order valence-electron chi connectivity index (χ4n) is 1.42. The number of hydrogen-bond donors (Lipinski definition) is 1. The van der Waals surface area contributed by atoms with Crippen molar-refractivity contribution in [3.63, 3.8) is 0 Å². The first-order valence-electron chi connectivity index (χ1n) is 3.99. The van der Waals surface area contributed by atoms with Gasteiger partial charge in [-0.1, -0.05) is 15.9 Å². The van der Waals surface area contributed by atoms with Gasteiger partial charge in [-0.25, -0.2) is 4.39 Å². The minimum absolute atomic E-state index is 0.174. The van der Waals surface area contributed by atoms with Crippen molar-refractivity contribution in [3.8, 4) is 5.75 Å². The largest absolute Gasteiger partial charge is 0.490 e. The highest BCUT2D eigenvalue weighted by Crippen LogP contribution is 2.38. The van der Waals surface area contributed by atoms with Crippen LogP contribution in [0.4, 0.5) is 4.39 Å². The third-order valence-electron chi connectivity index (χ3n) is 2.07. The molecule has 0 fully saturated rings. The predicted molar refractivity (Wildman–Crippen MR) is 49.2 cm³/mol. The second kappa shape index (κ2) is 3.27. The smallest absolute Gasteiger partial charge is 0.165 e. The molecule has 70 valence electrons. The lowest BCUT2D eigenvalue weighted by molar-refractivity contribution is 0.111. The molecule has 1 atom stereocenters. The van der Waals surface area contributed by atoms with Gasteiger partial charge in [0.2, 0.25) is 0 Å². The summed E-state index contributed by atoms with van der Waals surface area (Å²) in [6.45, 7) is 0.363. The Balaban J connectivity index is 2.60. The maximum atomic E-state index is 13.2. The summed E-state index contributed by atoms with van der Waals surface area (Å²) in [5.41, 5.74) is 0.520. The Labute approximate surface area is 83.5 Å². The van der Waals surface area contributed by atoms with Crippen molar-refractivity contribution < 1.29 is 14.2 Å². The number of ether oxygens (including phenoxy) is 1. The van der Waals surface area contributed by atoms with Gasteiger partial charge < -0.3 is 9.84 Å². The fourth-order valence-corrected chi connectivity index (χ4v) is 2.00. The van der Waals surface area contributed by atoms with E-state index in [4.69, 9.17) is 4.74 Å². The average Bonchev–Trinajstić information content (AvgIpc) is 2.12. The van der Waals surface area contributed by atoms with Gasteiger partial charge >= 0.3 is 0 Å². The van der Waals surface area contributed by atoms with E-state index in [9.17, 15) is 9.50 Å². The molecule has 2 rings (SSSR count). The lowest BCUT2D eigenvalue weighted by Crippen LogP contribution is -2.15. The van der Waals surface area contributed by atoms with Crippen molar-refractivity contribution >= 4 is 15.9 Å². The molecule has 1 aromatic rings. The van der Waals surface area contributed by atoms with E-state index in [1.165, 1.54) is 6.07 Å². The second-order valence-corrected chi connectivity index (χ2v) is 3.78. The topological polar surface area (TPSA) is 29.5 Å². The van der Waals surface area contributed by atoms with Gasteiger partial charge in [0.05, 0.1) is 12.7 Å². The molecule has 0 saturated heterocycles. The van der Waals surface area contributed by atoms with Crippen LogP contribution < -0.4 is 4.74 Å². The molecule has 1 aliphatic heterocycles. The average molecular weight is 247 g/mol. The Kier molecular flexibility index (Phi) is 2.26. The molecule has 1 aliphatic rings. The molecule has 0 saturated carbocycles. The predicted octanol–water partition coefficient (Wildman–Crippen LogP) is 2.40. The number of aliphatic hydroxyl groups is 1. The Hall–Kier alpha value is -0.610. The summed E-state index contributed by atoms with van der Waals surface area (Å²) in [4.78, 5) is 0. The van der Waals surface area contributed by atoms with Crippen molar-refractivity contribution in [2.75, 3.05) is 6.61 Å². The molecular formula is C9H8BrFO2. The summed E-state index contributed by atoms with van der Waals surface area (Å²) < 4.78 is 19.0. The molecule has 13 heavy (non-hydrogen) atoms. The van der Waals surface area contributed by atoms with E-state index >= 15 is 0 Å². The highest BCUT2D eigenvalue weighted by molar-refractivity contribution is 9.10. The molecule has 1 heterocycles. The van der Waals surface area contributed by atoms with Crippen LogP contribution in [0.1, 0.15) is 18.1 Å². The minimum Gasteiger partial charge on any atom is -0.490 e. The van der Waals surface area contributed by atoms with E-state index in [0.29, 0.717) is 23.1 Å². The van der Waals surface area contributed by atoms with Crippen molar-refractivity contribution in [1.29, 1.82) is 0 Å². The second-order valence-electron chi connectivity index (χ2n) is 2.92. The van der Waals surface area contributed by atoms with Crippen molar-refractivity contribution in [2.24, 2.45) is 0 Å². The molecule has 2 nitrogen and oxygen atoms in total. The molecule has 1 N–H and O–H groups in total. The van der Waals surface area contributed by atoms with E-state index in [1.807, 2.05) is 0 Å². The number of fused-ring (bicyclic) bond motifs is 1. The third kappa shape index (κ3) is 1.44. The molecule has 0 amide bonds. The molecule has 0 radical (unpaired) electrons. The molecule has 0 aromatic heterocycles. The standard InChI is InChI=1S/C9H8BrFO2/c10-5-1-2-6(11)9-8(5)7(12)3-4-13-9/h1-2,7,12H,3-4H2. The summed E-state index contributed by atoms with van der Waals surface area (Å²) >= 11 is 3.25. The van der Waals surface area contributed by atoms with Gasteiger partial charge in [0.15, 0.2) is 11.6 Å². The normalized spacial score (nSPS) is 20.7. The number of halogens is 2. The molecule has 1 unspecified atom stereocenters. The van der Waals surface area contributed by atoms with Crippen LogP contribution in [0, 0.1) is 5.82 Å². The highest BCUT2D eigenvalue weighted by Gasteiger charge is 2.24. The van der Waals surface area contributed by atoms with Crippen LogP contribution >= 0.6 is 15.9 Å². The molecule has 4 heteroatoms. The maximum absolute atomic E-state index is 13.2. The van der Waals surface area contributed by atoms with Crippen molar-refractivity contribution in [1.82, 2.24) is 0 Å². The highest BCUT2D eigenvalue weighted by atomic mass is 79.9. The van der Waals surface area contributed by atoms with Crippen LogP contribution in [0.5, 0.6) is 5.75 Å². The number of hydrogen-bond acceptors (Lipinski definition) is 2. The van der Waals surface area contributed by atoms with E-state index in [0.717, 1.165) is 0 Å². The van der Waals surface area contributed by atoms with Crippen LogP contribution in [-0.2, 0) is 0 Å². The Bertz CT molecular complexity index is 341. The van der Waals surface area contributed by atoms with Crippen LogP contribution in [0.2, 0.25) is 0 Å². The first kappa shape index (κ1) is 8.97. The van der Waals surface area contributed by atoms with Crippen molar-refractivity contribution in [3.05, 3.63) is 28.0 Å². The quantitative estimate of drug-likeness (QED) is 0.762. The zero-order chi connectivity index (χ0) is 9.42. The summed E-state index contributed by atoms with van der Waals surface area (Å²) in [5, 5.41) is 9.59. The zero-order valence-corrected chi connectivity index (χ0v) is 8.34. The first-order valence-corrected chi connectivity index (χ1v) is 4.78. The lowest BCUT2D eigenvalue weighted by atomic mass is 10.0. The molecule has 0 spiro atoms. The molecule has 0 bridgehead atoms. The Morgan fingerprint density at radius 1 is 1.54 bits per heavy atom. The SMILES string of the molecule is OC1CCOc2c(F)ccc(Br)c21. The maximum Gasteiger partial charge on any atom is 0.165 e. The van der Waals surface area contributed by atoms with Crippen LogP contribution in [0.15, 0.2) is 16.6 Å². The summed E-state index contributed by atoms with van der Waals surface area (Å²) in [6, 6.07) is 2.90. The van der Waals surface area contributed by atoms with Gasteiger partial charge in [0.25, 0.3) is 0 Å². The van der Waals surface area contributed by atoms with Gasteiger partial charge in [-0.2, -0.15) is 0 Å². The number of benzene rings is 1. The Morgan fingerprint density at radius 3 is 3.00 bits per heavy atom. The van der Waals surface area contributed by atoms with Gasteiger partial charge in [0.1, 0.15) is 0 Å². The lowest BCUT2D eigenvalue weighted by Gasteiger charge is -2.23. The van der Waals surface area contributed by atoms with Gasteiger partial charge in [-0.05, 0) is 12.1 Å². The van der Waals surface area contributed by atoms with E-state index in [1.54, 1.807) is 6.07 Å². The fraction of sp³-hybridized carbons (Fsp3) is 0.333. The van der Waals surface area contributed by atoms with E-state index < -0.39 is 11.9 Å². The first-order chi connectivity index (χ1) is 6.20. The monoisotopic (exact) mass is 246 g/mol. The van der Waals surface area contributed by atoms with Crippen LogP contribution in [-0.4, -0.2) is 11.7 Å². The van der Waals surface area contributed by atoms with Gasteiger partial charge in [-0.3, -0.25) is 0 Å². The van der Waals surface area contributed by atoms with E-state index in [-0.39, 0.29) is 5.75 Å².